The number of likely N-dealkylation sites (N-methyl/N-ethyl adjacent to an activating group) is 3. The summed E-state index contributed by atoms with van der Waals surface area (Å²) in [7, 11) is 5.75. The molecule has 0 aliphatic carbocycles. The van der Waals surface area contributed by atoms with Crippen LogP contribution in [0.25, 0.3) is 0 Å². The molecule has 0 saturated carbocycles. The highest BCUT2D eigenvalue weighted by Crippen LogP contribution is 2.09. The molecule has 0 heterocycles. The van der Waals surface area contributed by atoms with Crippen LogP contribution in [0.3, 0.4) is 0 Å². The Morgan fingerprint density at radius 1 is 1.26 bits per heavy atom. The molecule has 0 fully saturated rings. The molecule has 1 rings (SSSR count). The van der Waals surface area contributed by atoms with Gasteiger partial charge in [-0.05, 0) is 32.1 Å². The molecule has 0 saturated heterocycles. The third-order valence-corrected chi connectivity index (χ3v) is 3.24. The van der Waals surface area contributed by atoms with E-state index in [1.54, 1.807) is 4.90 Å². The first-order chi connectivity index (χ1) is 9.04. The molecule has 1 aromatic rings. The van der Waals surface area contributed by atoms with Crippen molar-refractivity contribution in [3.8, 4) is 0 Å². The summed E-state index contributed by atoms with van der Waals surface area (Å²) < 4.78 is 0. The number of nitrogens with zero attached hydrogens (tertiary/aromatic N) is 2. The van der Waals surface area contributed by atoms with Crippen molar-refractivity contribution >= 4 is 5.91 Å². The number of hydrogen-bond acceptors (Lipinski definition) is 3. The first kappa shape index (κ1) is 15.7. The molecule has 1 amide bonds. The van der Waals surface area contributed by atoms with E-state index in [2.05, 4.69) is 24.4 Å². The number of rotatable bonds is 7. The molecule has 1 aromatic carbocycles. The Labute approximate surface area is 116 Å². The van der Waals surface area contributed by atoms with Gasteiger partial charge in [0, 0.05) is 26.7 Å². The van der Waals surface area contributed by atoms with Crippen LogP contribution in [0.1, 0.15) is 11.1 Å². The van der Waals surface area contributed by atoms with Gasteiger partial charge >= 0.3 is 0 Å². The summed E-state index contributed by atoms with van der Waals surface area (Å²) in [5.41, 5.74) is 2.43. The number of carbonyl (C=O) groups excluding carboxylic acids is 1. The summed E-state index contributed by atoms with van der Waals surface area (Å²) in [6.07, 6.45) is 0. The Morgan fingerprint density at radius 3 is 2.58 bits per heavy atom. The zero-order valence-electron chi connectivity index (χ0n) is 12.4. The van der Waals surface area contributed by atoms with Gasteiger partial charge in [-0.1, -0.05) is 24.3 Å². The third-order valence-electron chi connectivity index (χ3n) is 3.24. The fourth-order valence-electron chi connectivity index (χ4n) is 1.86. The zero-order chi connectivity index (χ0) is 14.3. The lowest BCUT2D eigenvalue weighted by Crippen LogP contribution is -2.38. The van der Waals surface area contributed by atoms with Crippen molar-refractivity contribution in [2.24, 2.45) is 0 Å². The topological polar surface area (TPSA) is 35.6 Å². The molecule has 0 bridgehead atoms. The van der Waals surface area contributed by atoms with E-state index in [4.69, 9.17) is 0 Å². The molecular weight excluding hydrogens is 238 g/mol. The van der Waals surface area contributed by atoms with E-state index in [0.29, 0.717) is 13.1 Å². The highest BCUT2D eigenvalue weighted by molar-refractivity contribution is 5.78. The highest BCUT2D eigenvalue weighted by Gasteiger charge is 2.12. The van der Waals surface area contributed by atoms with E-state index in [1.807, 2.05) is 38.2 Å². The van der Waals surface area contributed by atoms with Gasteiger partial charge in [-0.15, -0.1) is 0 Å². The van der Waals surface area contributed by atoms with Gasteiger partial charge in [0.05, 0.1) is 6.54 Å². The van der Waals surface area contributed by atoms with Gasteiger partial charge in [0.15, 0.2) is 0 Å². The minimum absolute atomic E-state index is 0.154. The molecule has 0 unspecified atom stereocenters. The fourth-order valence-corrected chi connectivity index (χ4v) is 1.86. The second-order valence-electron chi connectivity index (χ2n) is 5.02. The SMILES string of the molecule is CNCCN(C)CC(=O)N(C)Cc1ccccc1C. The van der Waals surface area contributed by atoms with Crippen molar-refractivity contribution in [2.75, 3.05) is 40.8 Å². The maximum Gasteiger partial charge on any atom is 0.236 e. The lowest BCUT2D eigenvalue weighted by Gasteiger charge is -2.22. The minimum atomic E-state index is 0.154. The quantitative estimate of drug-likeness (QED) is 0.800. The molecule has 106 valence electrons. The molecule has 0 aliphatic rings. The maximum absolute atomic E-state index is 12.1. The molecule has 1 N–H and O–H groups in total. The predicted octanol–water partition coefficient (Wildman–Crippen LogP) is 1.10. The van der Waals surface area contributed by atoms with Crippen molar-refractivity contribution in [3.05, 3.63) is 35.4 Å². The van der Waals surface area contributed by atoms with E-state index >= 15 is 0 Å². The Hall–Kier alpha value is -1.39. The van der Waals surface area contributed by atoms with Gasteiger partial charge in [-0.3, -0.25) is 9.69 Å². The van der Waals surface area contributed by atoms with Crippen molar-refractivity contribution in [1.82, 2.24) is 15.1 Å². The van der Waals surface area contributed by atoms with E-state index in [1.165, 1.54) is 11.1 Å². The third kappa shape index (κ3) is 5.41. The maximum atomic E-state index is 12.1. The Kier molecular flexibility index (Phi) is 6.53. The van der Waals surface area contributed by atoms with Gasteiger partial charge in [0.2, 0.25) is 5.91 Å². The van der Waals surface area contributed by atoms with Crippen molar-refractivity contribution in [3.63, 3.8) is 0 Å². The number of amides is 1. The Balaban J connectivity index is 2.47. The van der Waals surface area contributed by atoms with E-state index in [-0.39, 0.29) is 5.91 Å². The van der Waals surface area contributed by atoms with Gasteiger partial charge in [-0.25, -0.2) is 0 Å². The van der Waals surface area contributed by atoms with E-state index in [0.717, 1.165) is 13.1 Å². The predicted molar refractivity (Wildman–Crippen MR) is 79.1 cm³/mol. The number of hydrogen-bond donors (Lipinski definition) is 1. The summed E-state index contributed by atoms with van der Waals surface area (Å²) in [4.78, 5) is 15.9. The molecule has 0 atom stereocenters. The number of nitrogens with one attached hydrogen (secondary N) is 1. The van der Waals surface area contributed by atoms with Crippen LogP contribution < -0.4 is 5.32 Å². The van der Waals surface area contributed by atoms with Gasteiger partial charge in [0.25, 0.3) is 0 Å². The van der Waals surface area contributed by atoms with Crippen LogP contribution in [0, 0.1) is 6.92 Å². The minimum Gasteiger partial charge on any atom is -0.340 e. The van der Waals surface area contributed by atoms with Crippen LogP contribution in [-0.2, 0) is 11.3 Å². The Bertz CT molecular complexity index is 406. The average Bonchev–Trinajstić information content (AvgIpc) is 2.38. The normalized spacial score (nSPS) is 10.8. The van der Waals surface area contributed by atoms with Crippen LogP contribution in [0.15, 0.2) is 24.3 Å². The summed E-state index contributed by atoms with van der Waals surface area (Å²) in [6.45, 7) is 4.98. The average molecular weight is 263 g/mol. The summed E-state index contributed by atoms with van der Waals surface area (Å²) in [5, 5.41) is 3.08. The van der Waals surface area contributed by atoms with Crippen molar-refractivity contribution in [2.45, 2.75) is 13.5 Å². The molecule has 0 aromatic heterocycles. The number of benzene rings is 1. The van der Waals surface area contributed by atoms with Gasteiger partial charge in [0.1, 0.15) is 0 Å². The lowest BCUT2D eigenvalue weighted by atomic mass is 10.1. The van der Waals surface area contributed by atoms with E-state index < -0.39 is 0 Å². The van der Waals surface area contributed by atoms with Crippen molar-refractivity contribution < 1.29 is 4.79 Å². The van der Waals surface area contributed by atoms with Crippen LogP contribution in [-0.4, -0.2) is 56.5 Å². The largest absolute Gasteiger partial charge is 0.340 e. The second kappa shape index (κ2) is 7.92. The summed E-state index contributed by atoms with van der Waals surface area (Å²) in [6, 6.07) is 8.18. The first-order valence-electron chi connectivity index (χ1n) is 6.66. The monoisotopic (exact) mass is 263 g/mol. The van der Waals surface area contributed by atoms with Crippen LogP contribution >= 0.6 is 0 Å². The zero-order valence-corrected chi connectivity index (χ0v) is 12.4. The fraction of sp³-hybridized carbons (Fsp3) is 0.533. The molecule has 0 spiro atoms. The molecule has 0 radical (unpaired) electrons. The van der Waals surface area contributed by atoms with Crippen LogP contribution in [0.5, 0.6) is 0 Å². The molecule has 4 heteroatoms. The Morgan fingerprint density at radius 2 is 1.95 bits per heavy atom. The molecule has 0 aliphatic heterocycles. The van der Waals surface area contributed by atoms with Gasteiger partial charge in [-0.2, -0.15) is 0 Å². The highest BCUT2D eigenvalue weighted by atomic mass is 16.2. The molecule has 19 heavy (non-hydrogen) atoms. The van der Waals surface area contributed by atoms with Gasteiger partial charge < -0.3 is 10.2 Å². The first-order valence-corrected chi connectivity index (χ1v) is 6.66. The number of carbonyl (C=O) groups is 1. The summed E-state index contributed by atoms with van der Waals surface area (Å²) in [5.74, 6) is 0.154. The van der Waals surface area contributed by atoms with Crippen molar-refractivity contribution in [1.29, 1.82) is 0 Å². The standard InChI is InChI=1S/C15H25N3O/c1-13-7-5-6-8-14(13)11-18(4)15(19)12-17(3)10-9-16-2/h5-8,16H,9-12H2,1-4H3. The van der Waals surface area contributed by atoms with E-state index in [9.17, 15) is 4.79 Å². The van der Waals surface area contributed by atoms with Crippen LogP contribution in [0.4, 0.5) is 0 Å². The smallest absolute Gasteiger partial charge is 0.236 e. The number of aryl methyl sites for hydroxylation is 1. The lowest BCUT2D eigenvalue weighted by molar-refractivity contribution is -0.131. The molecular formula is C15H25N3O. The second-order valence-corrected chi connectivity index (χ2v) is 5.02. The van der Waals surface area contributed by atoms with Crippen LogP contribution in [0.2, 0.25) is 0 Å². The summed E-state index contributed by atoms with van der Waals surface area (Å²) >= 11 is 0. The molecule has 4 nitrogen and oxygen atoms in total.